The van der Waals surface area contributed by atoms with Crippen molar-refractivity contribution in [2.75, 3.05) is 17.1 Å². The maximum atomic E-state index is 12.2. The first-order valence-corrected chi connectivity index (χ1v) is 11.1. The van der Waals surface area contributed by atoms with Crippen molar-refractivity contribution in [1.29, 1.82) is 0 Å². The second-order valence-electron chi connectivity index (χ2n) is 6.24. The standard InChI is InChI=1S/C19H22Cl2N2O3S/c1-14(15-7-4-3-5-8-15)22-19(24)9-6-12-23(27(2,25)26)16-10-11-17(20)18(21)13-16/h3-5,7-8,10-11,13-14H,6,9,12H2,1-2H3,(H,22,24). The molecule has 1 unspecified atom stereocenters. The zero-order valence-electron chi connectivity index (χ0n) is 15.2. The molecule has 5 nitrogen and oxygen atoms in total. The van der Waals surface area contributed by atoms with E-state index >= 15 is 0 Å². The van der Waals surface area contributed by atoms with Crippen molar-refractivity contribution in [3.8, 4) is 0 Å². The second kappa shape index (κ2) is 9.44. The van der Waals surface area contributed by atoms with Gasteiger partial charge in [-0.2, -0.15) is 0 Å². The van der Waals surface area contributed by atoms with Gasteiger partial charge in [0.15, 0.2) is 0 Å². The molecule has 0 bridgehead atoms. The van der Waals surface area contributed by atoms with E-state index in [1.165, 1.54) is 10.4 Å². The maximum Gasteiger partial charge on any atom is 0.232 e. The largest absolute Gasteiger partial charge is 0.350 e. The van der Waals surface area contributed by atoms with Crippen LogP contribution in [0.25, 0.3) is 0 Å². The zero-order valence-corrected chi connectivity index (χ0v) is 17.5. The minimum atomic E-state index is -3.51. The molecule has 2 aromatic rings. The van der Waals surface area contributed by atoms with Crippen molar-refractivity contribution in [2.45, 2.75) is 25.8 Å². The van der Waals surface area contributed by atoms with E-state index in [1.54, 1.807) is 12.1 Å². The first kappa shape index (κ1) is 21.5. The number of nitrogens with zero attached hydrogens (tertiary/aromatic N) is 1. The van der Waals surface area contributed by atoms with Crippen LogP contribution in [0.3, 0.4) is 0 Å². The lowest BCUT2D eigenvalue weighted by molar-refractivity contribution is -0.121. The first-order chi connectivity index (χ1) is 12.7. The molecule has 0 aliphatic heterocycles. The number of anilines is 1. The fourth-order valence-corrected chi connectivity index (χ4v) is 3.90. The van der Waals surface area contributed by atoms with E-state index in [0.717, 1.165) is 11.8 Å². The predicted molar refractivity (Wildman–Crippen MR) is 111 cm³/mol. The molecule has 2 aromatic carbocycles. The topological polar surface area (TPSA) is 66.5 Å². The third-order valence-electron chi connectivity index (χ3n) is 4.03. The highest BCUT2D eigenvalue weighted by Gasteiger charge is 2.19. The number of hydrogen-bond acceptors (Lipinski definition) is 3. The highest BCUT2D eigenvalue weighted by Crippen LogP contribution is 2.28. The highest BCUT2D eigenvalue weighted by atomic mass is 35.5. The Morgan fingerprint density at radius 1 is 1.11 bits per heavy atom. The molecular formula is C19H22Cl2N2O3S. The van der Waals surface area contributed by atoms with E-state index in [0.29, 0.717) is 17.1 Å². The highest BCUT2D eigenvalue weighted by molar-refractivity contribution is 7.92. The smallest absolute Gasteiger partial charge is 0.232 e. The Labute approximate surface area is 170 Å². The fourth-order valence-electron chi connectivity index (χ4n) is 2.65. The van der Waals surface area contributed by atoms with Gasteiger partial charge >= 0.3 is 0 Å². The van der Waals surface area contributed by atoms with Gasteiger partial charge in [0, 0.05) is 13.0 Å². The summed E-state index contributed by atoms with van der Waals surface area (Å²) < 4.78 is 25.5. The van der Waals surface area contributed by atoms with Crippen molar-refractivity contribution in [3.63, 3.8) is 0 Å². The van der Waals surface area contributed by atoms with Gasteiger partial charge in [-0.25, -0.2) is 8.42 Å². The van der Waals surface area contributed by atoms with E-state index in [9.17, 15) is 13.2 Å². The molecule has 2 rings (SSSR count). The molecule has 0 aliphatic rings. The van der Waals surface area contributed by atoms with Crippen LogP contribution in [0.1, 0.15) is 31.4 Å². The van der Waals surface area contributed by atoms with Crippen LogP contribution in [0.4, 0.5) is 5.69 Å². The van der Waals surface area contributed by atoms with Gasteiger partial charge in [-0.15, -0.1) is 0 Å². The van der Waals surface area contributed by atoms with Gasteiger partial charge < -0.3 is 5.32 Å². The summed E-state index contributed by atoms with van der Waals surface area (Å²) in [7, 11) is -3.51. The third kappa shape index (κ3) is 6.41. The molecule has 8 heteroatoms. The van der Waals surface area contributed by atoms with Crippen LogP contribution in [0, 0.1) is 0 Å². The van der Waals surface area contributed by atoms with Gasteiger partial charge in [0.25, 0.3) is 0 Å². The van der Waals surface area contributed by atoms with Crippen LogP contribution in [0.15, 0.2) is 48.5 Å². The van der Waals surface area contributed by atoms with Gasteiger partial charge in [-0.1, -0.05) is 53.5 Å². The maximum absolute atomic E-state index is 12.2. The molecule has 0 saturated heterocycles. The van der Waals surface area contributed by atoms with Crippen LogP contribution < -0.4 is 9.62 Å². The molecule has 0 aromatic heterocycles. The summed E-state index contributed by atoms with van der Waals surface area (Å²) in [5.41, 5.74) is 1.43. The Bertz CT molecular complexity index is 889. The number of amides is 1. The van der Waals surface area contributed by atoms with Crippen molar-refractivity contribution >= 4 is 44.8 Å². The van der Waals surface area contributed by atoms with E-state index in [2.05, 4.69) is 5.32 Å². The summed E-state index contributed by atoms with van der Waals surface area (Å²) in [5, 5.41) is 3.54. The van der Waals surface area contributed by atoms with E-state index in [4.69, 9.17) is 23.2 Å². The Morgan fingerprint density at radius 2 is 1.78 bits per heavy atom. The lowest BCUT2D eigenvalue weighted by Gasteiger charge is -2.23. The monoisotopic (exact) mass is 428 g/mol. The number of halogens is 2. The zero-order chi connectivity index (χ0) is 20.0. The summed E-state index contributed by atoms with van der Waals surface area (Å²) in [6.45, 7) is 2.08. The van der Waals surface area contributed by atoms with Crippen LogP contribution >= 0.6 is 23.2 Å². The minimum Gasteiger partial charge on any atom is -0.350 e. The molecule has 1 N–H and O–H groups in total. The van der Waals surface area contributed by atoms with Gasteiger partial charge in [0.05, 0.1) is 28.0 Å². The molecule has 0 fully saturated rings. The molecule has 0 spiro atoms. The van der Waals surface area contributed by atoms with Crippen molar-refractivity contribution < 1.29 is 13.2 Å². The fraction of sp³-hybridized carbons (Fsp3) is 0.316. The van der Waals surface area contributed by atoms with Crippen molar-refractivity contribution in [1.82, 2.24) is 5.32 Å². The molecular weight excluding hydrogens is 407 g/mol. The molecule has 0 radical (unpaired) electrons. The number of benzene rings is 2. The summed E-state index contributed by atoms with van der Waals surface area (Å²) in [6.07, 6.45) is 1.71. The Hall–Kier alpha value is -1.76. The quantitative estimate of drug-likeness (QED) is 0.676. The van der Waals surface area contributed by atoms with Gasteiger partial charge in [0.1, 0.15) is 0 Å². The van der Waals surface area contributed by atoms with Crippen LogP contribution in [0.2, 0.25) is 10.0 Å². The normalized spacial score (nSPS) is 12.4. The number of rotatable bonds is 8. The first-order valence-electron chi connectivity index (χ1n) is 8.45. The molecule has 146 valence electrons. The molecule has 1 atom stereocenters. The number of hydrogen-bond donors (Lipinski definition) is 1. The Morgan fingerprint density at radius 3 is 2.37 bits per heavy atom. The van der Waals surface area contributed by atoms with E-state index in [-0.39, 0.29) is 29.9 Å². The lowest BCUT2D eigenvalue weighted by atomic mass is 10.1. The average molecular weight is 429 g/mol. The van der Waals surface area contributed by atoms with Gasteiger partial charge in [-0.05, 0) is 37.1 Å². The second-order valence-corrected chi connectivity index (χ2v) is 8.96. The number of carbonyl (C=O) groups excluding carboxylic acids is 1. The predicted octanol–water partition coefficient (Wildman–Crippen LogP) is 4.42. The summed E-state index contributed by atoms with van der Waals surface area (Å²) >= 11 is 11.9. The molecule has 0 heterocycles. The molecule has 27 heavy (non-hydrogen) atoms. The molecule has 1 amide bonds. The summed E-state index contributed by atoms with van der Waals surface area (Å²) in [4.78, 5) is 12.2. The summed E-state index contributed by atoms with van der Waals surface area (Å²) in [5.74, 6) is -0.131. The minimum absolute atomic E-state index is 0.111. The third-order valence-corrected chi connectivity index (χ3v) is 5.97. The van der Waals surface area contributed by atoms with Crippen LogP contribution in [-0.4, -0.2) is 27.1 Å². The SMILES string of the molecule is CC(NC(=O)CCCN(c1ccc(Cl)c(Cl)c1)S(C)(=O)=O)c1ccccc1. The number of carbonyl (C=O) groups is 1. The van der Waals surface area contributed by atoms with Crippen LogP contribution in [0.5, 0.6) is 0 Å². The Balaban J connectivity index is 1.95. The van der Waals surface area contributed by atoms with Crippen molar-refractivity contribution in [2.24, 2.45) is 0 Å². The molecule has 0 saturated carbocycles. The van der Waals surface area contributed by atoms with Gasteiger partial charge in [0.2, 0.25) is 15.9 Å². The lowest BCUT2D eigenvalue weighted by Crippen LogP contribution is -2.32. The number of nitrogens with one attached hydrogen (secondary N) is 1. The average Bonchev–Trinajstić information content (AvgIpc) is 2.61. The van der Waals surface area contributed by atoms with E-state index in [1.807, 2.05) is 37.3 Å². The summed E-state index contributed by atoms with van der Waals surface area (Å²) in [6, 6.07) is 14.2. The van der Waals surface area contributed by atoms with E-state index < -0.39 is 10.0 Å². The van der Waals surface area contributed by atoms with Gasteiger partial charge in [-0.3, -0.25) is 9.10 Å². The van der Waals surface area contributed by atoms with Crippen molar-refractivity contribution in [3.05, 3.63) is 64.1 Å². The number of sulfonamides is 1. The van der Waals surface area contributed by atoms with Crippen LogP contribution in [-0.2, 0) is 14.8 Å². The Kier molecular flexibility index (Phi) is 7.53. The molecule has 0 aliphatic carbocycles.